The number of nitrogens with one attached hydrogen (secondary N) is 1. The molecule has 24 heavy (non-hydrogen) atoms. The molecule has 1 heterocycles. The molecule has 0 saturated carbocycles. The Kier molecular flexibility index (Phi) is 6.07. The molecule has 1 aromatic carbocycles. The number of aromatic nitrogens is 1. The Bertz CT molecular complexity index is 875. The van der Waals surface area contributed by atoms with E-state index in [1.165, 1.54) is 12.1 Å². The summed E-state index contributed by atoms with van der Waals surface area (Å²) in [4.78, 5) is 12.1. The maximum Gasteiger partial charge on any atom is 0.305 e. The molecule has 0 unspecified atom stereocenters. The third-order valence-electron chi connectivity index (χ3n) is 3.29. The minimum absolute atomic E-state index is 0. The smallest absolute Gasteiger partial charge is 0.305 e. The molecule has 1 amide bonds. The molecule has 0 saturated heterocycles. The zero-order chi connectivity index (χ0) is 17.4. The van der Waals surface area contributed by atoms with Gasteiger partial charge in [-0.15, -0.1) is 5.43 Å². The molecule has 0 fully saturated rings. The standard InChI is InChI=1S/C15H16ClN3O3S.H2O/c1-9-6-10(2)19(11(3)7-9)18-15(20)12-4-5-13(16)14(8-12)23(17,21)22;/h4-8H,1-3H3,(H2-,17,18,20,21,22);1H2. The molecule has 2 aromatic rings. The van der Waals surface area contributed by atoms with Gasteiger partial charge in [0.15, 0.2) is 0 Å². The molecule has 0 radical (unpaired) electrons. The summed E-state index contributed by atoms with van der Waals surface area (Å²) in [6.45, 7) is 5.68. The Morgan fingerprint density at radius 3 is 2.17 bits per heavy atom. The molecular weight excluding hydrogens is 354 g/mol. The van der Waals surface area contributed by atoms with Gasteiger partial charge in [-0.05, 0) is 30.7 Å². The van der Waals surface area contributed by atoms with Crippen LogP contribution in [0.5, 0.6) is 0 Å². The first kappa shape index (κ1) is 20.0. The first-order valence-corrected chi connectivity index (χ1v) is 8.65. The summed E-state index contributed by atoms with van der Waals surface area (Å²) < 4.78 is 24.6. The number of hydrogen-bond acceptors (Lipinski definition) is 4. The van der Waals surface area contributed by atoms with Crippen LogP contribution in [0, 0.1) is 20.8 Å². The lowest BCUT2D eigenvalue weighted by atomic mass is 10.2. The van der Waals surface area contributed by atoms with E-state index in [4.69, 9.17) is 16.7 Å². The number of pyridine rings is 1. The first-order valence-electron chi connectivity index (χ1n) is 6.73. The van der Waals surface area contributed by atoms with Crippen LogP contribution >= 0.6 is 11.6 Å². The molecule has 0 atom stereocenters. The van der Waals surface area contributed by atoms with Crippen LogP contribution in [-0.2, 0) is 10.0 Å². The number of hydrogen-bond donors (Lipinski definition) is 2. The van der Waals surface area contributed by atoms with Crippen molar-refractivity contribution in [3.8, 4) is 0 Å². The van der Waals surface area contributed by atoms with E-state index >= 15 is 0 Å². The highest BCUT2D eigenvalue weighted by molar-refractivity contribution is 7.89. The predicted molar refractivity (Wildman–Crippen MR) is 89.3 cm³/mol. The van der Waals surface area contributed by atoms with Gasteiger partial charge in [-0.25, -0.2) is 13.6 Å². The molecule has 130 valence electrons. The van der Waals surface area contributed by atoms with E-state index in [-0.39, 0.29) is 21.0 Å². The molecule has 2 rings (SSSR count). The van der Waals surface area contributed by atoms with Crippen LogP contribution in [0.1, 0.15) is 27.3 Å². The van der Waals surface area contributed by atoms with E-state index in [1.807, 2.05) is 32.9 Å². The van der Waals surface area contributed by atoms with Crippen molar-refractivity contribution in [3.63, 3.8) is 0 Å². The number of aryl methyl sites for hydroxylation is 3. The third-order valence-corrected chi connectivity index (χ3v) is 4.68. The molecule has 0 aliphatic carbocycles. The predicted octanol–water partition coefficient (Wildman–Crippen LogP) is 1.41. The number of carbonyl (C=O) groups excluding carboxylic acids is 1. The highest BCUT2D eigenvalue weighted by Gasteiger charge is 2.20. The van der Waals surface area contributed by atoms with Gasteiger partial charge in [0, 0.05) is 31.5 Å². The maximum atomic E-state index is 12.4. The summed E-state index contributed by atoms with van der Waals surface area (Å²) >= 11 is 5.82. The summed E-state index contributed by atoms with van der Waals surface area (Å²) in [6, 6.07) is 7.77. The topological polar surface area (TPSA) is 123 Å². The van der Waals surface area contributed by atoms with Crippen molar-refractivity contribution in [2.45, 2.75) is 25.7 Å². The van der Waals surface area contributed by atoms with E-state index in [9.17, 15) is 13.2 Å². The number of nitrogens with zero attached hydrogens (tertiary/aromatic N) is 1. The Hall–Kier alpha value is -2.00. The van der Waals surface area contributed by atoms with Crippen LogP contribution in [0.2, 0.25) is 5.02 Å². The monoisotopic (exact) mass is 371 g/mol. The molecule has 7 nitrogen and oxygen atoms in total. The van der Waals surface area contributed by atoms with E-state index < -0.39 is 15.9 Å². The van der Waals surface area contributed by atoms with E-state index in [1.54, 1.807) is 4.68 Å². The van der Waals surface area contributed by atoms with Crippen LogP contribution in [0.15, 0.2) is 35.2 Å². The summed E-state index contributed by atoms with van der Waals surface area (Å²) in [5, 5.41) is 5.07. The number of nitrogens with two attached hydrogens (primary N) is 1. The maximum absolute atomic E-state index is 12.4. The fourth-order valence-electron chi connectivity index (χ4n) is 2.31. The highest BCUT2D eigenvalue weighted by atomic mass is 35.5. The normalized spacial score (nSPS) is 10.9. The van der Waals surface area contributed by atoms with Gasteiger partial charge < -0.3 is 5.48 Å². The Morgan fingerprint density at radius 2 is 1.67 bits per heavy atom. The van der Waals surface area contributed by atoms with Crippen molar-refractivity contribution in [1.29, 1.82) is 0 Å². The summed E-state index contributed by atoms with van der Waals surface area (Å²) in [7, 11) is -4.00. The number of carbonyl (C=O) groups is 1. The van der Waals surface area contributed by atoms with Gasteiger partial charge >= 0.3 is 5.91 Å². The summed E-state index contributed by atoms with van der Waals surface area (Å²) in [5.41, 5.74) is 5.63. The van der Waals surface area contributed by atoms with Crippen LogP contribution in [0.25, 0.3) is 0 Å². The van der Waals surface area contributed by atoms with Crippen LogP contribution in [0.3, 0.4) is 0 Å². The lowest BCUT2D eigenvalue weighted by molar-refractivity contribution is -0.654. The van der Waals surface area contributed by atoms with Crippen LogP contribution in [0.4, 0.5) is 0 Å². The highest BCUT2D eigenvalue weighted by Crippen LogP contribution is 2.21. The van der Waals surface area contributed by atoms with Gasteiger partial charge in [0.25, 0.3) is 0 Å². The molecule has 9 heteroatoms. The Balaban J connectivity index is 0.00000288. The molecule has 1 aromatic heterocycles. The molecular formula is C15H18ClN3O4S. The van der Waals surface area contributed by atoms with Gasteiger partial charge in [-0.3, -0.25) is 4.79 Å². The molecule has 0 bridgehead atoms. The van der Waals surface area contributed by atoms with E-state index in [0.29, 0.717) is 0 Å². The average molecular weight is 372 g/mol. The van der Waals surface area contributed by atoms with Crippen molar-refractivity contribution in [3.05, 3.63) is 57.9 Å². The average Bonchev–Trinajstić information content (AvgIpc) is 2.41. The minimum Gasteiger partial charge on any atom is -0.870 e. The number of rotatable bonds is 3. The second-order valence-corrected chi connectivity index (χ2v) is 7.22. The van der Waals surface area contributed by atoms with Crippen molar-refractivity contribution >= 4 is 27.5 Å². The lowest BCUT2D eigenvalue weighted by Gasteiger charge is -2.07. The SMILES string of the molecule is Cc1cc(C)[n+](NC(=O)c2ccc(Cl)c(S(N)(=O)=O)c2)c(C)c1.[OH-]. The third kappa shape index (κ3) is 4.30. The van der Waals surface area contributed by atoms with Crippen LogP contribution < -0.4 is 15.2 Å². The summed E-state index contributed by atoms with van der Waals surface area (Å²) in [5.74, 6) is -0.466. The first-order chi connectivity index (χ1) is 10.6. The number of primary sulfonamides is 1. The van der Waals surface area contributed by atoms with Gasteiger partial charge in [0.1, 0.15) is 4.90 Å². The lowest BCUT2D eigenvalue weighted by Crippen LogP contribution is -2.53. The van der Waals surface area contributed by atoms with Crippen LogP contribution in [-0.4, -0.2) is 19.8 Å². The summed E-state index contributed by atoms with van der Waals surface area (Å²) in [6.07, 6.45) is 0. The number of benzene rings is 1. The van der Waals surface area contributed by atoms with Gasteiger partial charge in [0.2, 0.25) is 21.4 Å². The van der Waals surface area contributed by atoms with Gasteiger partial charge in [0.05, 0.1) is 5.02 Å². The van der Waals surface area contributed by atoms with E-state index in [2.05, 4.69) is 5.43 Å². The molecule has 0 aliphatic heterocycles. The zero-order valence-corrected chi connectivity index (χ0v) is 14.9. The van der Waals surface area contributed by atoms with Gasteiger partial charge in [-0.1, -0.05) is 16.3 Å². The molecule has 0 spiro atoms. The Labute approximate surface area is 145 Å². The molecule has 0 aliphatic rings. The van der Waals surface area contributed by atoms with Crippen molar-refractivity contribution < 1.29 is 23.4 Å². The van der Waals surface area contributed by atoms with Crippen molar-refractivity contribution in [1.82, 2.24) is 0 Å². The minimum atomic E-state index is -4.00. The van der Waals surface area contributed by atoms with Crippen molar-refractivity contribution in [2.24, 2.45) is 5.14 Å². The quantitative estimate of drug-likeness (QED) is 0.791. The van der Waals surface area contributed by atoms with Gasteiger partial charge in [-0.2, -0.15) is 0 Å². The second kappa shape index (κ2) is 7.27. The zero-order valence-electron chi connectivity index (χ0n) is 13.4. The number of amides is 1. The fraction of sp³-hybridized carbons (Fsp3) is 0.200. The number of sulfonamides is 1. The Morgan fingerprint density at radius 1 is 1.12 bits per heavy atom. The fourth-order valence-corrected chi connectivity index (χ4v) is 3.38. The number of halogens is 1. The van der Waals surface area contributed by atoms with E-state index in [0.717, 1.165) is 23.0 Å². The largest absolute Gasteiger partial charge is 0.870 e. The second-order valence-electron chi connectivity index (χ2n) is 5.28. The molecule has 4 N–H and O–H groups in total. The van der Waals surface area contributed by atoms with Crippen molar-refractivity contribution in [2.75, 3.05) is 5.43 Å².